The van der Waals surface area contributed by atoms with Crippen molar-refractivity contribution >= 4 is 35.0 Å². The number of halogens is 2. The van der Waals surface area contributed by atoms with Crippen LogP contribution in [0, 0.1) is 0 Å². The first-order valence-corrected chi connectivity index (χ1v) is 6.54. The first kappa shape index (κ1) is 17.2. The van der Waals surface area contributed by atoms with Gasteiger partial charge in [0.15, 0.2) is 0 Å². The quantitative estimate of drug-likeness (QED) is 0.547. The molecule has 0 spiro atoms. The lowest BCUT2D eigenvalue weighted by Gasteiger charge is -2.32. The molecular weight excluding hydrogens is 275 g/mol. The summed E-state index contributed by atoms with van der Waals surface area (Å²) in [7, 11) is 0. The lowest BCUT2D eigenvalue weighted by atomic mass is 10.0. The van der Waals surface area contributed by atoms with E-state index in [4.69, 9.17) is 28.9 Å². The minimum absolute atomic E-state index is 0.295. The molecule has 0 aliphatic heterocycles. The molecule has 0 aromatic carbocycles. The molecular formula is C12H18Cl2N2O2. The van der Waals surface area contributed by atoms with Gasteiger partial charge in [0.2, 0.25) is 11.8 Å². The third kappa shape index (κ3) is 4.80. The largest absolute Gasteiger partial charge is 0.326 e. The third-order valence-electron chi connectivity index (χ3n) is 2.44. The SMILES string of the molecule is C=CCC(N)C(CC=C)N(C(=O)CCl)C(=O)CCl. The molecule has 0 aliphatic rings. The number of hydrogen-bond donors (Lipinski definition) is 1. The lowest BCUT2D eigenvalue weighted by molar-refractivity contribution is -0.145. The summed E-state index contributed by atoms with van der Waals surface area (Å²) < 4.78 is 0. The second-order valence-electron chi connectivity index (χ2n) is 3.70. The van der Waals surface area contributed by atoms with E-state index in [1.807, 2.05) is 0 Å². The Kier molecular flexibility index (Phi) is 8.71. The van der Waals surface area contributed by atoms with Crippen molar-refractivity contribution in [2.45, 2.75) is 24.9 Å². The molecule has 0 bridgehead atoms. The first-order chi connectivity index (χ1) is 8.53. The number of amides is 2. The molecule has 2 amide bonds. The Hall–Kier alpha value is -0.840. The highest BCUT2D eigenvalue weighted by molar-refractivity contribution is 6.31. The molecule has 0 saturated heterocycles. The van der Waals surface area contributed by atoms with Crippen molar-refractivity contribution in [3.63, 3.8) is 0 Å². The number of nitrogens with two attached hydrogens (primary N) is 1. The molecule has 0 aromatic rings. The van der Waals surface area contributed by atoms with Crippen molar-refractivity contribution in [1.29, 1.82) is 0 Å². The highest BCUT2D eigenvalue weighted by atomic mass is 35.5. The topological polar surface area (TPSA) is 63.4 Å². The average Bonchev–Trinajstić information content (AvgIpc) is 2.37. The molecule has 0 aromatic heterocycles. The normalized spacial score (nSPS) is 13.5. The van der Waals surface area contributed by atoms with Gasteiger partial charge in [0.05, 0.1) is 6.04 Å². The summed E-state index contributed by atoms with van der Waals surface area (Å²) in [4.78, 5) is 24.5. The average molecular weight is 293 g/mol. The molecule has 2 atom stereocenters. The monoisotopic (exact) mass is 292 g/mol. The van der Waals surface area contributed by atoms with E-state index < -0.39 is 23.9 Å². The lowest BCUT2D eigenvalue weighted by Crippen LogP contribution is -2.53. The van der Waals surface area contributed by atoms with Crippen LogP contribution in [0.15, 0.2) is 25.3 Å². The van der Waals surface area contributed by atoms with Crippen LogP contribution in [0.4, 0.5) is 0 Å². The predicted molar refractivity (Wildman–Crippen MR) is 74.7 cm³/mol. The van der Waals surface area contributed by atoms with Gasteiger partial charge in [-0.1, -0.05) is 12.2 Å². The van der Waals surface area contributed by atoms with Gasteiger partial charge >= 0.3 is 0 Å². The molecule has 0 aliphatic carbocycles. The van der Waals surface area contributed by atoms with E-state index in [2.05, 4.69) is 13.2 Å². The van der Waals surface area contributed by atoms with E-state index in [1.54, 1.807) is 12.2 Å². The summed E-state index contributed by atoms with van der Waals surface area (Å²) in [5.41, 5.74) is 5.95. The molecule has 6 heteroatoms. The molecule has 0 heterocycles. The Morgan fingerprint density at radius 1 is 1.11 bits per heavy atom. The second-order valence-corrected chi connectivity index (χ2v) is 4.24. The van der Waals surface area contributed by atoms with Gasteiger partial charge in [0.1, 0.15) is 11.8 Å². The Bertz CT molecular complexity index is 305. The van der Waals surface area contributed by atoms with Crippen LogP contribution in [-0.2, 0) is 9.59 Å². The molecule has 0 fully saturated rings. The number of hydrogen-bond acceptors (Lipinski definition) is 3. The van der Waals surface area contributed by atoms with Crippen molar-refractivity contribution in [3.05, 3.63) is 25.3 Å². The Labute approximate surface area is 117 Å². The number of carbonyl (C=O) groups is 2. The van der Waals surface area contributed by atoms with E-state index in [0.29, 0.717) is 12.8 Å². The van der Waals surface area contributed by atoms with E-state index in [-0.39, 0.29) is 11.8 Å². The van der Waals surface area contributed by atoms with Crippen LogP contribution in [0.25, 0.3) is 0 Å². The number of carbonyl (C=O) groups excluding carboxylic acids is 2. The van der Waals surface area contributed by atoms with Gasteiger partial charge in [-0.15, -0.1) is 36.4 Å². The maximum Gasteiger partial charge on any atom is 0.244 e. The van der Waals surface area contributed by atoms with Crippen molar-refractivity contribution in [2.75, 3.05) is 11.8 Å². The Balaban J connectivity index is 5.19. The van der Waals surface area contributed by atoms with Crippen LogP contribution in [0.3, 0.4) is 0 Å². The summed E-state index contributed by atoms with van der Waals surface area (Å²) in [6.07, 6.45) is 4.10. The van der Waals surface area contributed by atoms with Gasteiger partial charge in [0.25, 0.3) is 0 Å². The van der Waals surface area contributed by atoms with E-state index in [9.17, 15) is 9.59 Å². The van der Waals surface area contributed by atoms with Crippen LogP contribution in [0.2, 0.25) is 0 Å². The van der Waals surface area contributed by atoms with Gasteiger partial charge in [-0.2, -0.15) is 0 Å². The van der Waals surface area contributed by atoms with Gasteiger partial charge in [-0.3, -0.25) is 14.5 Å². The Morgan fingerprint density at radius 3 is 1.89 bits per heavy atom. The highest BCUT2D eigenvalue weighted by Gasteiger charge is 2.31. The van der Waals surface area contributed by atoms with Crippen LogP contribution in [-0.4, -0.2) is 40.6 Å². The molecule has 0 radical (unpaired) electrons. The molecule has 4 nitrogen and oxygen atoms in total. The summed E-state index contributed by atoms with van der Waals surface area (Å²) in [5, 5.41) is 0. The first-order valence-electron chi connectivity index (χ1n) is 5.47. The zero-order valence-corrected chi connectivity index (χ0v) is 11.7. The maximum absolute atomic E-state index is 11.7. The molecule has 0 saturated carbocycles. The highest BCUT2D eigenvalue weighted by Crippen LogP contribution is 2.14. The molecule has 0 rings (SSSR count). The van der Waals surface area contributed by atoms with E-state index in [0.717, 1.165) is 4.90 Å². The number of rotatable bonds is 8. The minimum Gasteiger partial charge on any atom is -0.326 e. The fourth-order valence-electron chi connectivity index (χ4n) is 1.63. The number of alkyl halides is 2. The smallest absolute Gasteiger partial charge is 0.244 e. The van der Waals surface area contributed by atoms with Crippen LogP contribution >= 0.6 is 23.2 Å². The van der Waals surface area contributed by atoms with Crippen molar-refractivity contribution in [1.82, 2.24) is 4.90 Å². The van der Waals surface area contributed by atoms with Gasteiger partial charge in [-0.25, -0.2) is 0 Å². The van der Waals surface area contributed by atoms with E-state index >= 15 is 0 Å². The minimum atomic E-state index is -0.506. The van der Waals surface area contributed by atoms with Crippen LogP contribution in [0.5, 0.6) is 0 Å². The zero-order chi connectivity index (χ0) is 14.1. The van der Waals surface area contributed by atoms with E-state index in [1.165, 1.54) is 0 Å². The molecule has 18 heavy (non-hydrogen) atoms. The Morgan fingerprint density at radius 2 is 1.56 bits per heavy atom. The number of imide groups is 1. The fourth-order valence-corrected chi connectivity index (χ4v) is 1.89. The predicted octanol–water partition coefficient (Wildman–Crippen LogP) is 1.67. The van der Waals surface area contributed by atoms with Gasteiger partial charge in [0, 0.05) is 6.04 Å². The standard InChI is InChI=1S/C12H18Cl2N2O2/c1-3-5-9(15)10(6-4-2)16(11(17)7-13)12(18)8-14/h3-4,9-10H,1-2,5-8,15H2. The summed E-state index contributed by atoms with van der Waals surface area (Å²) in [6, 6.07) is -0.919. The van der Waals surface area contributed by atoms with Crippen LogP contribution < -0.4 is 5.73 Å². The van der Waals surface area contributed by atoms with Gasteiger partial charge < -0.3 is 5.73 Å². The molecule has 2 unspecified atom stereocenters. The summed E-state index contributed by atoms with van der Waals surface area (Å²) >= 11 is 11.0. The molecule has 2 N–H and O–H groups in total. The molecule has 102 valence electrons. The maximum atomic E-state index is 11.7. The van der Waals surface area contributed by atoms with Crippen molar-refractivity contribution in [2.24, 2.45) is 5.73 Å². The summed E-state index contributed by atoms with van der Waals surface area (Å²) in [5.74, 6) is -1.60. The zero-order valence-electron chi connectivity index (χ0n) is 10.1. The third-order valence-corrected chi connectivity index (χ3v) is 2.90. The van der Waals surface area contributed by atoms with Crippen molar-refractivity contribution < 1.29 is 9.59 Å². The number of nitrogens with zero attached hydrogens (tertiary/aromatic N) is 1. The van der Waals surface area contributed by atoms with Gasteiger partial charge in [-0.05, 0) is 12.8 Å². The summed E-state index contributed by atoms with van der Waals surface area (Å²) in [6.45, 7) is 7.19. The second kappa shape index (κ2) is 9.14. The van der Waals surface area contributed by atoms with Crippen molar-refractivity contribution in [3.8, 4) is 0 Å². The van der Waals surface area contributed by atoms with Crippen LogP contribution in [0.1, 0.15) is 12.8 Å². The fraction of sp³-hybridized carbons (Fsp3) is 0.500.